The molecule has 0 aromatic heterocycles. The lowest BCUT2D eigenvalue weighted by molar-refractivity contribution is 0.206. The minimum atomic E-state index is -0.302. The quantitative estimate of drug-likeness (QED) is 0.885. The van der Waals surface area contributed by atoms with Crippen LogP contribution in [0.15, 0.2) is 48.5 Å². The average Bonchev–Trinajstić information content (AvgIpc) is 2.53. The molecule has 0 saturated carbocycles. The Morgan fingerprint density at radius 1 is 1.17 bits per heavy atom. The Morgan fingerprint density at radius 3 is 2.65 bits per heavy atom. The highest BCUT2D eigenvalue weighted by Gasteiger charge is 2.09. The lowest BCUT2D eigenvalue weighted by Crippen LogP contribution is -2.36. The Hall–Kier alpha value is -2.56. The fourth-order valence-electron chi connectivity index (χ4n) is 2.21. The van der Waals surface area contributed by atoms with Crippen LogP contribution in [0.3, 0.4) is 0 Å². The monoisotopic (exact) mass is 316 g/mol. The van der Waals surface area contributed by atoms with Crippen LogP contribution in [0.5, 0.6) is 5.75 Å². The Balaban J connectivity index is 1.87. The van der Waals surface area contributed by atoms with Gasteiger partial charge in [0.05, 0.1) is 6.61 Å². The number of ether oxygens (including phenoxy) is 1. The van der Waals surface area contributed by atoms with E-state index in [-0.39, 0.29) is 11.8 Å². The Kier molecular flexibility index (Phi) is 5.97. The van der Waals surface area contributed by atoms with Gasteiger partial charge in [0.15, 0.2) is 0 Å². The molecule has 0 saturated heterocycles. The summed E-state index contributed by atoms with van der Waals surface area (Å²) in [5.74, 6) is 0.483. The van der Waals surface area contributed by atoms with Gasteiger partial charge in [-0.15, -0.1) is 0 Å². The number of rotatable bonds is 6. The average molecular weight is 316 g/mol. The van der Waals surface area contributed by atoms with Crippen molar-refractivity contribution in [1.82, 2.24) is 10.2 Å². The topological polar surface area (TPSA) is 41.6 Å². The van der Waals surface area contributed by atoms with Crippen molar-refractivity contribution < 1.29 is 13.9 Å². The molecule has 0 heterocycles. The predicted molar refractivity (Wildman–Crippen MR) is 87.7 cm³/mol. The van der Waals surface area contributed by atoms with Crippen LogP contribution in [0.4, 0.5) is 9.18 Å². The van der Waals surface area contributed by atoms with Gasteiger partial charge in [-0.3, -0.25) is 0 Å². The number of hydrogen-bond acceptors (Lipinski definition) is 2. The Morgan fingerprint density at radius 2 is 1.91 bits per heavy atom. The van der Waals surface area contributed by atoms with Crippen LogP contribution in [0, 0.1) is 5.82 Å². The maximum Gasteiger partial charge on any atom is 0.317 e. The summed E-state index contributed by atoms with van der Waals surface area (Å²) in [6.45, 7) is 3.29. The summed E-state index contributed by atoms with van der Waals surface area (Å²) in [5, 5.41) is 2.84. The smallest absolute Gasteiger partial charge is 0.317 e. The molecule has 5 heteroatoms. The third-order valence-electron chi connectivity index (χ3n) is 3.31. The second-order valence-electron chi connectivity index (χ2n) is 5.23. The van der Waals surface area contributed by atoms with E-state index in [0.717, 1.165) is 16.9 Å². The van der Waals surface area contributed by atoms with Crippen molar-refractivity contribution in [3.63, 3.8) is 0 Å². The fourth-order valence-corrected chi connectivity index (χ4v) is 2.21. The van der Waals surface area contributed by atoms with Gasteiger partial charge < -0.3 is 15.0 Å². The van der Waals surface area contributed by atoms with E-state index in [4.69, 9.17) is 4.74 Å². The Labute approximate surface area is 135 Å². The minimum absolute atomic E-state index is 0.212. The molecule has 122 valence electrons. The second kappa shape index (κ2) is 8.17. The zero-order valence-electron chi connectivity index (χ0n) is 13.4. The number of halogens is 1. The van der Waals surface area contributed by atoms with Crippen molar-refractivity contribution in [3.8, 4) is 5.75 Å². The first-order valence-electron chi connectivity index (χ1n) is 7.53. The SMILES string of the molecule is CCOc1cccc(CNC(=O)N(C)Cc2cccc(F)c2)c1. The van der Waals surface area contributed by atoms with E-state index >= 15 is 0 Å². The van der Waals surface area contributed by atoms with Gasteiger partial charge in [-0.2, -0.15) is 0 Å². The summed E-state index contributed by atoms with van der Waals surface area (Å²) in [7, 11) is 1.68. The van der Waals surface area contributed by atoms with E-state index < -0.39 is 0 Å². The summed E-state index contributed by atoms with van der Waals surface area (Å²) in [5.41, 5.74) is 1.71. The third kappa shape index (κ3) is 5.29. The summed E-state index contributed by atoms with van der Waals surface area (Å²) >= 11 is 0. The molecule has 0 bridgehead atoms. The molecule has 0 spiro atoms. The maximum absolute atomic E-state index is 13.2. The van der Waals surface area contributed by atoms with Crippen molar-refractivity contribution in [3.05, 3.63) is 65.5 Å². The summed E-state index contributed by atoms with van der Waals surface area (Å²) in [6.07, 6.45) is 0. The molecule has 0 fully saturated rings. The van der Waals surface area contributed by atoms with Gasteiger partial charge in [0.1, 0.15) is 11.6 Å². The minimum Gasteiger partial charge on any atom is -0.494 e. The summed E-state index contributed by atoms with van der Waals surface area (Å²) in [6, 6.07) is 13.6. The van der Waals surface area contributed by atoms with E-state index in [2.05, 4.69) is 5.32 Å². The molecule has 1 N–H and O–H groups in total. The largest absolute Gasteiger partial charge is 0.494 e. The van der Waals surface area contributed by atoms with Gasteiger partial charge in [0.25, 0.3) is 0 Å². The molecule has 0 unspecified atom stereocenters. The van der Waals surface area contributed by atoms with E-state index in [1.807, 2.05) is 31.2 Å². The molecule has 4 nitrogen and oxygen atoms in total. The maximum atomic E-state index is 13.2. The van der Waals surface area contributed by atoms with Gasteiger partial charge in [0.2, 0.25) is 0 Å². The Bertz CT molecular complexity index is 661. The number of nitrogens with zero attached hydrogens (tertiary/aromatic N) is 1. The van der Waals surface area contributed by atoms with Gasteiger partial charge in [0, 0.05) is 20.1 Å². The highest BCUT2D eigenvalue weighted by molar-refractivity contribution is 5.73. The summed E-state index contributed by atoms with van der Waals surface area (Å²) in [4.78, 5) is 13.6. The van der Waals surface area contributed by atoms with Crippen molar-refractivity contribution >= 4 is 6.03 Å². The molecule has 0 atom stereocenters. The highest BCUT2D eigenvalue weighted by Crippen LogP contribution is 2.13. The van der Waals surface area contributed by atoms with Crippen molar-refractivity contribution in [1.29, 1.82) is 0 Å². The first-order valence-corrected chi connectivity index (χ1v) is 7.53. The van der Waals surface area contributed by atoms with Crippen LogP contribution in [0.25, 0.3) is 0 Å². The molecule has 0 aliphatic carbocycles. The van der Waals surface area contributed by atoms with E-state index in [9.17, 15) is 9.18 Å². The van der Waals surface area contributed by atoms with Crippen molar-refractivity contribution in [2.24, 2.45) is 0 Å². The number of hydrogen-bond donors (Lipinski definition) is 1. The van der Waals surface area contributed by atoms with Gasteiger partial charge in [-0.25, -0.2) is 9.18 Å². The molecular formula is C18H21FN2O2. The predicted octanol–water partition coefficient (Wildman–Crippen LogP) is 3.57. The van der Waals surface area contributed by atoms with E-state index in [0.29, 0.717) is 19.7 Å². The standard InChI is InChI=1S/C18H21FN2O2/c1-3-23-17-9-5-6-14(11-17)12-20-18(22)21(2)13-15-7-4-8-16(19)10-15/h4-11H,3,12-13H2,1-2H3,(H,20,22). The number of amides is 2. The molecule has 2 amide bonds. The molecule has 0 aliphatic heterocycles. The number of urea groups is 1. The molecule has 2 rings (SSSR count). The molecule has 0 radical (unpaired) electrons. The summed E-state index contributed by atoms with van der Waals surface area (Å²) < 4.78 is 18.6. The number of carbonyl (C=O) groups excluding carboxylic acids is 1. The normalized spacial score (nSPS) is 10.2. The highest BCUT2D eigenvalue weighted by atomic mass is 19.1. The number of benzene rings is 2. The third-order valence-corrected chi connectivity index (χ3v) is 3.31. The van der Waals surface area contributed by atoms with Crippen molar-refractivity contribution in [2.45, 2.75) is 20.0 Å². The molecule has 2 aromatic rings. The second-order valence-corrected chi connectivity index (χ2v) is 5.23. The lowest BCUT2D eigenvalue weighted by Gasteiger charge is -2.18. The fraction of sp³-hybridized carbons (Fsp3) is 0.278. The van der Waals surface area contributed by atoms with Gasteiger partial charge in [-0.1, -0.05) is 24.3 Å². The van der Waals surface area contributed by atoms with E-state index in [1.54, 1.807) is 19.2 Å². The van der Waals surface area contributed by atoms with Gasteiger partial charge >= 0.3 is 6.03 Å². The molecule has 2 aromatic carbocycles. The first kappa shape index (κ1) is 16.8. The van der Waals surface area contributed by atoms with E-state index in [1.165, 1.54) is 17.0 Å². The van der Waals surface area contributed by atoms with Gasteiger partial charge in [-0.05, 0) is 42.3 Å². The zero-order chi connectivity index (χ0) is 16.7. The number of carbonyl (C=O) groups is 1. The van der Waals surface area contributed by atoms with Crippen LogP contribution < -0.4 is 10.1 Å². The van der Waals surface area contributed by atoms with Crippen LogP contribution >= 0.6 is 0 Å². The van der Waals surface area contributed by atoms with Crippen molar-refractivity contribution in [2.75, 3.05) is 13.7 Å². The van der Waals surface area contributed by atoms with Crippen LogP contribution in [-0.2, 0) is 13.1 Å². The lowest BCUT2D eigenvalue weighted by atomic mass is 10.2. The molecule has 23 heavy (non-hydrogen) atoms. The first-order chi connectivity index (χ1) is 11.1. The number of nitrogens with one attached hydrogen (secondary N) is 1. The van der Waals surface area contributed by atoms with Crippen LogP contribution in [0.2, 0.25) is 0 Å². The molecule has 0 aliphatic rings. The molecular weight excluding hydrogens is 295 g/mol. The zero-order valence-corrected chi connectivity index (χ0v) is 13.4. The van der Waals surface area contributed by atoms with Crippen LogP contribution in [0.1, 0.15) is 18.1 Å². The van der Waals surface area contributed by atoms with Crippen LogP contribution in [-0.4, -0.2) is 24.6 Å².